The summed E-state index contributed by atoms with van der Waals surface area (Å²) in [6, 6.07) is -1.95. The number of carboxylic acid groups (broad SMARTS) is 2. The quantitative estimate of drug-likeness (QED) is 0.0300. The second kappa shape index (κ2) is 33.0. The van der Waals surface area contributed by atoms with Crippen LogP contribution in [0.2, 0.25) is 0 Å². The number of nitrogens with one attached hydrogen (secondary N) is 4. The van der Waals surface area contributed by atoms with Gasteiger partial charge in [-0.05, 0) is 32.1 Å². The lowest BCUT2D eigenvalue weighted by molar-refractivity contribution is -0.200. The van der Waals surface area contributed by atoms with Crippen molar-refractivity contribution in [3.63, 3.8) is 0 Å². The molecule has 5 amide bonds. The number of amides is 5. The molecule has 0 saturated carbocycles. The Balaban J connectivity index is 2.07. The van der Waals surface area contributed by atoms with E-state index in [9.17, 15) is 48.6 Å². The van der Waals surface area contributed by atoms with Gasteiger partial charge in [0, 0.05) is 51.4 Å². The molecular formula is C38H65N5O13. The number of hydrogen-bond acceptors (Lipinski definition) is 12. The van der Waals surface area contributed by atoms with Crippen LogP contribution in [0.3, 0.4) is 0 Å². The fourth-order valence-corrected chi connectivity index (χ4v) is 5.91. The molecule has 0 radical (unpaired) electrons. The van der Waals surface area contributed by atoms with Crippen molar-refractivity contribution in [2.45, 2.75) is 147 Å². The summed E-state index contributed by atoms with van der Waals surface area (Å²) in [6.45, 7) is 0.857. The first-order chi connectivity index (χ1) is 27.0. The van der Waals surface area contributed by atoms with Crippen molar-refractivity contribution in [2.24, 2.45) is 0 Å². The van der Waals surface area contributed by atoms with E-state index < -0.39 is 54.4 Å². The van der Waals surface area contributed by atoms with E-state index in [1.165, 1.54) is 38.5 Å². The van der Waals surface area contributed by atoms with Gasteiger partial charge in [0.25, 0.3) is 11.8 Å². The number of carbonyl (C=O) groups is 8. The highest BCUT2D eigenvalue weighted by atomic mass is 16.7. The maximum Gasteiger partial charge on any atom is 0.358 e. The number of aliphatic carboxylic acids is 2. The van der Waals surface area contributed by atoms with Gasteiger partial charge in [0.2, 0.25) is 5.91 Å². The van der Waals surface area contributed by atoms with Crippen molar-refractivity contribution in [1.82, 2.24) is 26.3 Å². The minimum Gasteiger partial charge on any atom is -0.481 e. The molecule has 1 heterocycles. The van der Waals surface area contributed by atoms with Crippen LogP contribution >= 0.6 is 0 Å². The SMILES string of the molecule is O=CCCCCCCCCCCCCCCC(CC(=O)O)N[C@@H](CCC(=O)NCCCCNC(=O)NCCOCCOCC(=O)ON1C(=O)CCC1=O)C(=O)O. The van der Waals surface area contributed by atoms with E-state index in [4.69, 9.17) is 9.47 Å². The van der Waals surface area contributed by atoms with Crippen LogP contribution in [0.25, 0.3) is 0 Å². The van der Waals surface area contributed by atoms with Gasteiger partial charge in [-0.2, -0.15) is 0 Å². The largest absolute Gasteiger partial charge is 0.481 e. The number of hydroxylamine groups is 2. The van der Waals surface area contributed by atoms with Gasteiger partial charge in [-0.3, -0.25) is 24.0 Å². The van der Waals surface area contributed by atoms with Crippen molar-refractivity contribution in [3.8, 4) is 0 Å². The lowest BCUT2D eigenvalue weighted by Gasteiger charge is -2.22. The number of unbranched alkanes of at least 4 members (excludes halogenated alkanes) is 13. The average Bonchev–Trinajstić information content (AvgIpc) is 3.47. The van der Waals surface area contributed by atoms with E-state index in [-0.39, 0.29) is 64.4 Å². The van der Waals surface area contributed by atoms with E-state index in [0.717, 1.165) is 44.8 Å². The Morgan fingerprint density at radius 2 is 1.23 bits per heavy atom. The van der Waals surface area contributed by atoms with E-state index >= 15 is 0 Å². The third kappa shape index (κ3) is 27.4. The number of ether oxygens (including phenoxy) is 2. The summed E-state index contributed by atoms with van der Waals surface area (Å²) in [5, 5.41) is 30.5. The molecule has 0 spiro atoms. The highest BCUT2D eigenvalue weighted by Gasteiger charge is 2.32. The van der Waals surface area contributed by atoms with Gasteiger partial charge in [0.15, 0.2) is 0 Å². The molecule has 1 aliphatic rings. The van der Waals surface area contributed by atoms with Gasteiger partial charge in [0.1, 0.15) is 18.9 Å². The fraction of sp³-hybridized carbons (Fsp3) is 0.789. The van der Waals surface area contributed by atoms with Gasteiger partial charge in [-0.25, -0.2) is 9.59 Å². The minimum atomic E-state index is -1.13. The molecule has 1 rings (SSSR count). The molecule has 2 atom stereocenters. The zero-order valence-corrected chi connectivity index (χ0v) is 32.9. The predicted molar refractivity (Wildman–Crippen MR) is 203 cm³/mol. The Bertz CT molecular complexity index is 1170. The maximum absolute atomic E-state index is 12.4. The Morgan fingerprint density at radius 1 is 0.679 bits per heavy atom. The molecule has 0 aromatic rings. The number of carboxylic acids is 2. The summed E-state index contributed by atoms with van der Waals surface area (Å²) in [7, 11) is 0. The van der Waals surface area contributed by atoms with Gasteiger partial charge in [0.05, 0.1) is 26.2 Å². The molecule has 0 aliphatic carbocycles. The standard InChI is InChI=1S/C38H65N5O13/c44-24-15-11-9-7-5-3-1-2-4-6-8-10-12-16-30(28-35(48)49)42-31(37(51)52)17-18-32(45)39-21-13-14-22-40-38(53)41-23-25-54-26-27-55-29-36(50)56-43-33(46)19-20-34(43)47/h24,30-31,42H,1-23,25-29H2,(H,39,45)(H,48,49)(H,51,52)(H2,40,41,53)/t30?,31-/m0/s1. The molecule has 320 valence electrons. The number of aldehydes is 1. The first-order valence-electron chi connectivity index (χ1n) is 20.2. The Hall–Kier alpha value is -4.16. The van der Waals surface area contributed by atoms with Crippen LogP contribution in [-0.2, 0) is 47.9 Å². The Labute approximate surface area is 329 Å². The van der Waals surface area contributed by atoms with Crippen LogP contribution in [0.15, 0.2) is 0 Å². The van der Waals surface area contributed by atoms with Crippen LogP contribution in [0.5, 0.6) is 0 Å². The molecule has 1 aliphatic heterocycles. The molecule has 6 N–H and O–H groups in total. The van der Waals surface area contributed by atoms with Crippen molar-refractivity contribution in [2.75, 3.05) is 46.1 Å². The van der Waals surface area contributed by atoms with Crippen LogP contribution in [0.1, 0.15) is 135 Å². The van der Waals surface area contributed by atoms with Crippen LogP contribution < -0.4 is 21.3 Å². The zero-order valence-electron chi connectivity index (χ0n) is 32.9. The topological polar surface area (TPSA) is 256 Å². The molecule has 1 unspecified atom stereocenters. The van der Waals surface area contributed by atoms with Crippen LogP contribution in [-0.4, -0.2) is 121 Å². The highest BCUT2D eigenvalue weighted by Crippen LogP contribution is 2.15. The molecule has 0 bridgehead atoms. The van der Waals surface area contributed by atoms with Crippen molar-refractivity contribution < 1.29 is 62.9 Å². The number of urea groups is 1. The summed E-state index contributed by atoms with van der Waals surface area (Å²) < 4.78 is 10.4. The number of imide groups is 1. The van der Waals surface area contributed by atoms with Gasteiger partial charge in [-0.1, -0.05) is 70.6 Å². The van der Waals surface area contributed by atoms with E-state index in [0.29, 0.717) is 43.8 Å². The highest BCUT2D eigenvalue weighted by molar-refractivity contribution is 6.01. The van der Waals surface area contributed by atoms with Gasteiger partial charge in [-0.15, -0.1) is 5.06 Å². The minimum absolute atomic E-state index is 0.00260. The zero-order chi connectivity index (χ0) is 41.2. The van der Waals surface area contributed by atoms with Crippen molar-refractivity contribution in [3.05, 3.63) is 0 Å². The summed E-state index contributed by atoms with van der Waals surface area (Å²) in [6.07, 6.45) is 16.4. The van der Waals surface area contributed by atoms with Crippen LogP contribution in [0.4, 0.5) is 4.79 Å². The Morgan fingerprint density at radius 3 is 1.82 bits per heavy atom. The smallest absolute Gasteiger partial charge is 0.358 e. The number of nitrogens with zero attached hydrogens (tertiary/aromatic N) is 1. The predicted octanol–water partition coefficient (Wildman–Crippen LogP) is 3.15. The summed E-state index contributed by atoms with van der Waals surface area (Å²) in [5.41, 5.74) is 0. The van der Waals surface area contributed by atoms with E-state index in [2.05, 4.69) is 26.1 Å². The first kappa shape index (κ1) is 49.9. The summed E-state index contributed by atoms with van der Waals surface area (Å²) in [4.78, 5) is 97.1. The second-order valence-electron chi connectivity index (χ2n) is 13.8. The number of rotatable bonds is 37. The molecular weight excluding hydrogens is 734 g/mol. The molecule has 0 aromatic carbocycles. The molecule has 56 heavy (non-hydrogen) atoms. The molecule has 1 saturated heterocycles. The molecule has 0 aromatic heterocycles. The van der Waals surface area contributed by atoms with Gasteiger partial charge >= 0.3 is 23.9 Å². The molecule has 1 fully saturated rings. The van der Waals surface area contributed by atoms with Crippen molar-refractivity contribution in [1.29, 1.82) is 0 Å². The third-order valence-electron chi connectivity index (χ3n) is 8.97. The second-order valence-corrected chi connectivity index (χ2v) is 13.8. The molecule has 18 nitrogen and oxygen atoms in total. The number of hydrogen-bond donors (Lipinski definition) is 6. The normalized spacial score (nSPS) is 13.6. The molecule has 18 heteroatoms. The van der Waals surface area contributed by atoms with E-state index in [1.54, 1.807) is 0 Å². The lowest BCUT2D eigenvalue weighted by atomic mass is 10.0. The average molecular weight is 800 g/mol. The monoisotopic (exact) mass is 799 g/mol. The summed E-state index contributed by atoms with van der Waals surface area (Å²) in [5.74, 6) is -4.48. The summed E-state index contributed by atoms with van der Waals surface area (Å²) >= 11 is 0. The van der Waals surface area contributed by atoms with E-state index in [1.807, 2.05) is 0 Å². The van der Waals surface area contributed by atoms with Crippen molar-refractivity contribution >= 4 is 47.9 Å². The Kier molecular flexibility index (Phi) is 29.4. The fourth-order valence-electron chi connectivity index (χ4n) is 5.91. The van der Waals surface area contributed by atoms with Gasteiger partial charge < -0.3 is 50.6 Å². The third-order valence-corrected chi connectivity index (χ3v) is 8.97. The number of carbonyl (C=O) groups excluding carboxylic acids is 6. The lowest BCUT2D eigenvalue weighted by Crippen LogP contribution is -2.45. The maximum atomic E-state index is 12.4. The van der Waals surface area contributed by atoms with Crippen LogP contribution in [0, 0.1) is 0 Å². The first-order valence-corrected chi connectivity index (χ1v) is 20.2.